The van der Waals surface area contributed by atoms with Crippen molar-refractivity contribution >= 4 is 17.9 Å². The third-order valence-electron chi connectivity index (χ3n) is 2.66. The van der Waals surface area contributed by atoms with Gasteiger partial charge in [-0.3, -0.25) is 5.43 Å². The Kier molecular flexibility index (Phi) is 5.02. The van der Waals surface area contributed by atoms with Gasteiger partial charge in [0.2, 0.25) is 0 Å². The molecule has 0 unspecified atom stereocenters. The van der Waals surface area contributed by atoms with Crippen molar-refractivity contribution < 1.29 is 23.4 Å². The lowest BCUT2D eigenvalue weighted by Crippen LogP contribution is -2.04. The smallest absolute Gasteiger partial charge is 0.387 e. The van der Waals surface area contributed by atoms with Crippen LogP contribution in [0, 0.1) is 0 Å². The van der Waals surface area contributed by atoms with Gasteiger partial charge in [0.25, 0.3) is 0 Å². The maximum absolute atomic E-state index is 12.3. The van der Waals surface area contributed by atoms with Gasteiger partial charge in [-0.2, -0.15) is 13.9 Å². The SMILES string of the molecule is O=C(O)c1ccc(N/N=C\c2ccccc2OC(F)F)cc1. The predicted octanol–water partition coefficient (Wildman–Crippen LogP) is 3.43. The summed E-state index contributed by atoms with van der Waals surface area (Å²) < 4.78 is 28.9. The van der Waals surface area contributed by atoms with Gasteiger partial charge in [0, 0.05) is 5.56 Å². The minimum Gasteiger partial charge on any atom is -0.478 e. The van der Waals surface area contributed by atoms with Crippen molar-refractivity contribution in [3.8, 4) is 5.75 Å². The first-order valence-corrected chi connectivity index (χ1v) is 6.22. The Hall–Kier alpha value is -2.96. The summed E-state index contributed by atoms with van der Waals surface area (Å²) in [6.07, 6.45) is 1.34. The molecule has 0 aromatic heterocycles. The molecule has 114 valence electrons. The number of alkyl halides is 2. The molecule has 0 bridgehead atoms. The third kappa shape index (κ3) is 4.27. The van der Waals surface area contributed by atoms with E-state index in [4.69, 9.17) is 5.11 Å². The molecule has 2 rings (SSSR count). The first-order chi connectivity index (χ1) is 10.6. The topological polar surface area (TPSA) is 70.9 Å². The highest BCUT2D eigenvalue weighted by Crippen LogP contribution is 2.18. The quantitative estimate of drug-likeness (QED) is 0.633. The van der Waals surface area contributed by atoms with E-state index in [-0.39, 0.29) is 11.3 Å². The number of nitrogens with one attached hydrogen (secondary N) is 1. The van der Waals surface area contributed by atoms with Crippen molar-refractivity contribution in [2.75, 3.05) is 5.43 Å². The standard InChI is InChI=1S/C15H12F2N2O3/c16-15(17)22-13-4-2-1-3-11(13)9-18-19-12-7-5-10(6-8-12)14(20)21/h1-9,15,19H,(H,20,21)/b18-9-. The highest BCUT2D eigenvalue weighted by molar-refractivity contribution is 5.88. The molecule has 0 saturated heterocycles. The number of ether oxygens (including phenoxy) is 1. The number of para-hydroxylation sites is 1. The van der Waals surface area contributed by atoms with Gasteiger partial charge in [-0.05, 0) is 36.4 Å². The van der Waals surface area contributed by atoms with Crippen LogP contribution >= 0.6 is 0 Å². The highest BCUT2D eigenvalue weighted by atomic mass is 19.3. The van der Waals surface area contributed by atoms with E-state index in [1.54, 1.807) is 30.3 Å². The monoisotopic (exact) mass is 306 g/mol. The number of halogens is 2. The first-order valence-electron chi connectivity index (χ1n) is 6.22. The van der Waals surface area contributed by atoms with Crippen LogP contribution in [-0.2, 0) is 0 Å². The number of hydrazone groups is 1. The summed E-state index contributed by atoms with van der Waals surface area (Å²) in [6.45, 7) is -2.91. The van der Waals surface area contributed by atoms with Crippen LogP contribution < -0.4 is 10.2 Å². The maximum atomic E-state index is 12.3. The number of hydrogen-bond donors (Lipinski definition) is 2. The molecule has 0 aliphatic carbocycles. The number of rotatable bonds is 6. The van der Waals surface area contributed by atoms with Gasteiger partial charge < -0.3 is 9.84 Å². The van der Waals surface area contributed by atoms with Crippen LogP contribution in [0.15, 0.2) is 53.6 Å². The van der Waals surface area contributed by atoms with Gasteiger partial charge >= 0.3 is 12.6 Å². The Morgan fingerprint density at radius 1 is 1.18 bits per heavy atom. The molecular formula is C15H12F2N2O3. The molecule has 2 aromatic rings. The van der Waals surface area contributed by atoms with Gasteiger partial charge in [0.1, 0.15) is 5.75 Å². The summed E-state index contributed by atoms with van der Waals surface area (Å²) in [7, 11) is 0. The van der Waals surface area contributed by atoms with Crippen molar-refractivity contribution in [3.05, 3.63) is 59.7 Å². The van der Waals surface area contributed by atoms with Crippen LogP contribution in [0.1, 0.15) is 15.9 Å². The lowest BCUT2D eigenvalue weighted by Gasteiger charge is -2.07. The van der Waals surface area contributed by atoms with E-state index in [1.807, 2.05) is 0 Å². The molecule has 0 saturated carbocycles. The van der Waals surface area contributed by atoms with Crippen molar-refractivity contribution in [3.63, 3.8) is 0 Å². The van der Waals surface area contributed by atoms with Gasteiger partial charge in [-0.1, -0.05) is 12.1 Å². The number of anilines is 1. The predicted molar refractivity (Wildman–Crippen MR) is 77.7 cm³/mol. The van der Waals surface area contributed by atoms with Gasteiger partial charge in [-0.25, -0.2) is 4.79 Å². The van der Waals surface area contributed by atoms with E-state index in [9.17, 15) is 13.6 Å². The van der Waals surface area contributed by atoms with Gasteiger partial charge in [0.15, 0.2) is 0 Å². The summed E-state index contributed by atoms with van der Waals surface area (Å²) in [4.78, 5) is 10.7. The number of carbonyl (C=O) groups is 1. The van der Waals surface area contributed by atoms with Gasteiger partial charge in [0.05, 0.1) is 17.5 Å². The summed E-state index contributed by atoms with van der Waals surface area (Å²) in [5, 5.41) is 12.7. The fourth-order valence-corrected chi connectivity index (χ4v) is 1.65. The zero-order valence-electron chi connectivity index (χ0n) is 11.2. The third-order valence-corrected chi connectivity index (χ3v) is 2.66. The molecule has 0 amide bonds. The average molecular weight is 306 g/mol. The number of benzene rings is 2. The van der Waals surface area contributed by atoms with Crippen molar-refractivity contribution in [1.29, 1.82) is 0 Å². The van der Waals surface area contributed by atoms with Crippen LogP contribution in [0.2, 0.25) is 0 Å². The molecule has 0 heterocycles. The van der Waals surface area contributed by atoms with Crippen molar-refractivity contribution in [1.82, 2.24) is 0 Å². The normalized spacial score (nSPS) is 10.9. The zero-order valence-corrected chi connectivity index (χ0v) is 11.2. The second-order valence-corrected chi connectivity index (χ2v) is 4.17. The number of hydrogen-bond acceptors (Lipinski definition) is 4. The average Bonchev–Trinajstić information content (AvgIpc) is 2.49. The Morgan fingerprint density at radius 2 is 1.86 bits per heavy atom. The maximum Gasteiger partial charge on any atom is 0.387 e. The van der Waals surface area contributed by atoms with E-state index < -0.39 is 12.6 Å². The minimum atomic E-state index is -2.91. The number of nitrogens with zero attached hydrogens (tertiary/aromatic N) is 1. The van der Waals surface area contributed by atoms with E-state index >= 15 is 0 Å². The Bertz CT molecular complexity index is 673. The molecule has 0 radical (unpaired) electrons. The van der Waals surface area contributed by atoms with Crippen LogP contribution in [0.5, 0.6) is 5.75 Å². The summed E-state index contributed by atoms with van der Waals surface area (Å²) >= 11 is 0. The fraction of sp³-hybridized carbons (Fsp3) is 0.0667. The molecular weight excluding hydrogens is 294 g/mol. The van der Waals surface area contributed by atoms with Crippen molar-refractivity contribution in [2.24, 2.45) is 5.10 Å². The number of aromatic carboxylic acids is 1. The lowest BCUT2D eigenvalue weighted by atomic mass is 10.2. The molecule has 0 spiro atoms. The summed E-state index contributed by atoms with van der Waals surface area (Å²) in [6, 6.07) is 12.2. The van der Waals surface area contributed by atoms with Crippen LogP contribution in [-0.4, -0.2) is 23.9 Å². The van der Waals surface area contributed by atoms with Crippen LogP contribution in [0.3, 0.4) is 0 Å². The van der Waals surface area contributed by atoms with E-state index in [1.165, 1.54) is 24.4 Å². The first kappa shape index (κ1) is 15.4. The summed E-state index contributed by atoms with van der Waals surface area (Å²) in [5.41, 5.74) is 3.78. The van der Waals surface area contributed by atoms with E-state index in [0.29, 0.717) is 11.3 Å². The molecule has 2 aromatic carbocycles. The second kappa shape index (κ2) is 7.16. The van der Waals surface area contributed by atoms with E-state index in [2.05, 4.69) is 15.3 Å². The molecule has 0 aliphatic rings. The number of carboxylic acids is 1. The molecule has 0 atom stereocenters. The van der Waals surface area contributed by atoms with E-state index in [0.717, 1.165) is 0 Å². The zero-order chi connectivity index (χ0) is 15.9. The van der Waals surface area contributed by atoms with Gasteiger partial charge in [-0.15, -0.1) is 0 Å². The Labute approximate surface area is 124 Å². The molecule has 0 fully saturated rings. The van der Waals surface area contributed by atoms with Crippen LogP contribution in [0.25, 0.3) is 0 Å². The molecule has 0 aliphatic heterocycles. The Morgan fingerprint density at radius 3 is 2.50 bits per heavy atom. The summed E-state index contributed by atoms with van der Waals surface area (Å²) in [5.74, 6) is -1.00. The lowest BCUT2D eigenvalue weighted by molar-refractivity contribution is -0.0499. The minimum absolute atomic E-state index is 0.0178. The molecule has 2 N–H and O–H groups in total. The molecule has 22 heavy (non-hydrogen) atoms. The second-order valence-electron chi connectivity index (χ2n) is 4.17. The molecule has 5 nitrogen and oxygen atoms in total. The Balaban J connectivity index is 2.05. The fourth-order valence-electron chi connectivity index (χ4n) is 1.65. The highest BCUT2D eigenvalue weighted by Gasteiger charge is 2.07. The van der Waals surface area contributed by atoms with Crippen molar-refractivity contribution in [2.45, 2.75) is 6.61 Å². The van der Waals surface area contributed by atoms with Crippen LogP contribution in [0.4, 0.5) is 14.5 Å². The molecule has 7 heteroatoms. The largest absolute Gasteiger partial charge is 0.478 e. The number of carboxylic acid groups (broad SMARTS) is 1.